The number of tetrazole rings is 1. The molecule has 7 heteroatoms. The van der Waals surface area contributed by atoms with Gasteiger partial charge in [-0.1, -0.05) is 30.3 Å². The summed E-state index contributed by atoms with van der Waals surface area (Å²) in [5.74, 6) is -0.145. The summed E-state index contributed by atoms with van der Waals surface area (Å²) in [4.78, 5) is 13.4. The van der Waals surface area contributed by atoms with Crippen molar-refractivity contribution in [2.45, 2.75) is 32.4 Å². The number of halogens is 1. The zero-order valence-corrected chi connectivity index (χ0v) is 14.5. The Morgan fingerprint density at radius 3 is 2.62 bits per heavy atom. The van der Waals surface area contributed by atoms with Gasteiger partial charge in [-0.2, -0.15) is 4.80 Å². The average Bonchev–Trinajstić information content (AvgIpc) is 3.09. The Hall–Kier alpha value is -3.09. The molecule has 3 aromatic rings. The molecule has 0 bridgehead atoms. The number of rotatable bonds is 7. The number of aromatic nitrogens is 4. The van der Waals surface area contributed by atoms with Gasteiger partial charge in [-0.3, -0.25) is 4.79 Å². The first kappa shape index (κ1) is 17.7. The highest BCUT2D eigenvalue weighted by Crippen LogP contribution is 2.13. The van der Waals surface area contributed by atoms with Crippen molar-refractivity contribution < 1.29 is 9.18 Å². The molecule has 134 valence electrons. The highest BCUT2D eigenvalue weighted by molar-refractivity contribution is 5.75. The van der Waals surface area contributed by atoms with Gasteiger partial charge in [0.05, 0.1) is 0 Å². The van der Waals surface area contributed by atoms with Crippen LogP contribution in [0.3, 0.4) is 0 Å². The van der Waals surface area contributed by atoms with Crippen molar-refractivity contribution in [2.75, 3.05) is 0 Å². The minimum atomic E-state index is -0.329. The molecule has 2 aromatic carbocycles. The first-order valence-electron chi connectivity index (χ1n) is 8.47. The molecule has 0 aliphatic rings. The van der Waals surface area contributed by atoms with Crippen molar-refractivity contribution in [2.24, 2.45) is 0 Å². The summed E-state index contributed by atoms with van der Waals surface area (Å²) in [6.45, 7) is 1.96. The van der Waals surface area contributed by atoms with Crippen molar-refractivity contribution >= 4 is 5.91 Å². The Kier molecular flexibility index (Phi) is 5.68. The molecule has 0 saturated carbocycles. The summed E-state index contributed by atoms with van der Waals surface area (Å²) in [5, 5.41) is 14.9. The molecular formula is C19H20FN5O. The third kappa shape index (κ3) is 4.95. The van der Waals surface area contributed by atoms with Crippen LogP contribution in [0.2, 0.25) is 0 Å². The van der Waals surface area contributed by atoms with Gasteiger partial charge in [0.1, 0.15) is 12.4 Å². The molecule has 0 spiro atoms. The number of benzene rings is 2. The minimum absolute atomic E-state index is 0.0100. The molecule has 0 fully saturated rings. The van der Waals surface area contributed by atoms with E-state index in [-0.39, 0.29) is 24.3 Å². The molecule has 1 heterocycles. The van der Waals surface area contributed by atoms with Gasteiger partial charge in [0, 0.05) is 11.6 Å². The monoisotopic (exact) mass is 353 g/mol. The Morgan fingerprint density at radius 1 is 1.15 bits per heavy atom. The molecule has 3 rings (SSSR count). The number of amides is 1. The van der Waals surface area contributed by atoms with E-state index in [1.165, 1.54) is 22.5 Å². The molecule has 0 aliphatic carbocycles. The van der Waals surface area contributed by atoms with Crippen LogP contribution in [0.1, 0.15) is 18.9 Å². The second kappa shape index (κ2) is 8.33. The lowest BCUT2D eigenvalue weighted by atomic mass is 10.1. The Morgan fingerprint density at radius 2 is 1.88 bits per heavy atom. The second-order valence-electron chi connectivity index (χ2n) is 6.14. The van der Waals surface area contributed by atoms with Crippen molar-refractivity contribution in [3.05, 3.63) is 66.0 Å². The van der Waals surface area contributed by atoms with E-state index in [9.17, 15) is 9.18 Å². The number of carbonyl (C=O) groups is 1. The summed E-state index contributed by atoms with van der Waals surface area (Å²) < 4.78 is 13.0. The van der Waals surface area contributed by atoms with E-state index < -0.39 is 0 Å². The second-order valence-corrected chi connectivity index (χ2v) is 6.14. The van der Waals surface area contributed by atoms with E-state index in [1.54, 1.807) is 12.1 Å². The molecule has 1 amide bonds. The molecule has 0 aliphatic heterocycles. The van der Waals surface area contributed by atoms with Crippen LogP contribution in [0.15, 0.2) is 54.6 Å². The summed E-state index contributed by atoms with van der Waals surface area (Å²) in [6.07, 6.45) is 1.75. The van der Waals surface area contributed by atoms with Gasteiger partial charge in [-0.25, -0.2) is 4.39 Å². The Balaban J connectivity index is 1.49. The molecule has 0 saturated heterocycles. The van der Waals surface area contributed by atoms with Crippen molar-refractivity contribution in [3.63, 3.8) is 0 Å². The normalized spacial score (nSPS) is 11.9. The molecule has 1 atom stereocenters. The predicted octanol–water partition coefficient (Wildman–Crippen LogP) is 2.62. The van der Waals surface area contributed by atoms with Crippen LogP contribution in [-0.4, -0.2) is 32.2 Å². The number of aryl methyl sites for hydroxylation is 1. The van der Waals surface area contributed by atoms with Gasteiger partial charge in [0.25, 0.3) is 0 Å². The van der Waals surface area contributed by atoms with Crippen molar-refractivity contribution in [3.8, 4) is 11.4 Å². The maximum absolute atomic E-state index is 13.0. The SMILES string of the molecule is C[C@H](CCc1ccccc1)NC(=O)Cn1nnc(-c2ccc(F)cc2)n1. The van der Waals surface area contributed by atoms with Gasteiger partial charge in [0.2, 0.25) is 11.7 Å². The Labute approximate surface area is 151 Å². The third-order valence-electron chi connectivity index (χ3n) is 3.96. The van der Waals surface area contributed by atoms with Crippen LogP contribution >= 0.6 is 0 Å². The number of hydrogen-bond acceptors (Lipinski definition) is 4. The molecule has 6 nitrogen and oxygen atoms in total. The van der Waals surface area contributed by atoms with E-state index in [2.05, 4.69) is 32.9 Å². The number of hydrogen-bond donors (Lipinski definition) is 1. The summed E-state index contributed by atoms with van der Waals surface area (Å²) >= 11 is 0. The smallest absolute Gasteiger partial charge is 0.243 e. The Bertz CT molecular complexity index is 848. The summed E-state index contributed by atoms with van der Waals surface area (Å²) in [6, 6.07) is 16.0. The van der Waals surface area contributed by atoms with Crippen LogP contribution in [0.4, 0.5) is 4.39 Å². The van der Waals surface area contributed by atoms with E-state index >= 15 is 0 Å². The predicted molar refractivity (Wildman–Crippen MR) is 95.6 cm³/mol. The zero-order chi connectivity index (χ0) is 18.4. The topological polar surface area (TPSA) is 72.7 Å². The fourth-order valence-corrected chi connectivity index (χ4v) is 2.57. The quantitative estimate of drug-likeness (QED) is 0.709. The minimum Gasteiger partial charge on any atom is -0.352 e. The van der Waals surface area contributed by atoms with Gasteiger partial charge in [0.15, 0.2) is 0 Å². The number of carbonyl (C=O) groups excluding carboxylic acids is 1. The fraction of sp³-hybridized carbons (Fsp3) is 0.263. The first-order chi connectivity index (χ1) is 12.6. The van der Waals surface area contributed by atoms with E-state index in [0.717, 1.165) is 12.8 Å². The highest BCUT2D eigenvalue weighted by atomic mass is 19.1. The van der Waals surface area contributed by atoms with Crippen LogP contribution in [0.5, 0.6) is 0 Å². The maximum Gasteiger partial charge on any atom is 0.243 e. The van der Waals surface area contributed by atoms with Crippen molar-refractivity contribution in [1.29, 1.82) is 0 Å². The van der Waals surface area contributed by atoms with E-state index in [0.29, 0.717) is 11.4 Å². The third-order valence-corrected chi connectivity index (χ3v) is 3.96. The molecule has 0 radical (unpaired) electrons. The lowest BCUT2D eigenvalue weighted by Crippen LogP contribution is -2.35. The molecular weight excluding hydrogens is 333 g/mol. The van der Waals surface area contributed by atoms with E-state index in [4.69, 9.17) is 0 Å². The van der Waals surface area contributed by atoms with Crippen molar-refractivity contribution in [1.82, 2.24) is 25.5 Å². The van der Waals surface area contributed by atoms with E-state index in [1.807, 2.05) is 25.1 Å². The number of nitrogens with zero attached hydrogens (tertiary/aromatic N) is 4. The zero-order valence-electron chi connectivity index (χ0n) is 14.5. The standard InChI is InChI=1S/C19H20FN5O/c1-14(7-8-15-5-3-2-4-6-15)21-18(26)13-25-23-19(22-24-25)16-9-11-17(20)12-10-16/h2-6,9-12,14H,7-8,13H2,1H3,(H,21,26)/t14-/m1/s1. The summed E-state index contributed by atoms with van der Waals surface area (Å²) in [7, 11) is 0. The average molecular weight is 353 g/mol. The largest absolute Gasteiger partial charge is 0.352 e. The lowest BCUT2D eigenvalue weighted by molar-refractivity contribution is -0.122. The summed E-state index contributed by atoms with van der Waals surface area (Å²) in [5.41, 5.74) is 1.89. The molecule has 1 aromatic heterocycles. The van der Waals surface area contributed by atoms with Gasteiger partial charge in [-0.15, -0.1) is 10.2 Å². The molecule has 1 N–H and O–H groups in total. The van der Waals surface area contributed by atoms with Crippen LogP contribution in [0.25, 0.3) is 11.4 Å². The first-order valence-corrected chi connectivity index (χ1v) is 8.47. The maximum atomic E-state index is 13.0. The van der Waals surface area contributed by atoms with Gasteiger partial charge < -0.3 is 5.32 Å². The molecule has 26 heavy (non-hydrogen) atoms. The molecule has 0 unspecified atom stereocenters. The van der Waals surface area contributed by atoms with Gasteiger partial charge in [-0.05, 0) is 54.8 Å². The number of nitrogens with one attached hydrogen (secondary N) is 1. The van der Waals surface area contributed by atoms with Crippen LogP contribution < -0.4 is 5.32 Å². The highest BCUT2D eigenvalue weighted by Gasteiger charge is 2.12. The lowest BCUT2D eigenvalue weighted by Gasteiger charge is -2.13. The fourth-order valence-electron chi connectivity index (χ4n) is 2.57. The van der Waals surface area contributed by atoms with Crippen LogP contribution in [-0.2, 0) is 17.8 Å². The van der Waals surface area contributed by atoms with Gasteiger partial charge >= 0.3 is 0 Å². The van der Waals surface area contributed by atoms with Crippen LogP contribution in [0, 0.1) is 5.82 Å².